The quantitative estimate of drug-likeness (QED) is 0.593. The van der Waals surface area contributed by atoms with Gasteiger partial charge in [0.1, 0.15) is 0 Å². The lowest BCUT2D eigenvalue weighted by molar-refractivity contribution is 0.276. The Kier molecular flexibility index (Phi) is 3.82. The summed E-state index contributed by atoms with van der Waals surface area (Å²) in [4.78, 5) is 0. The van der Waals surface area contributed by atoms with Crippen LogP contribution in [0.5, 0.6) is 0 Å². The molecule has 0 heterocycles. The van der Waals surface area contributed by atoms with Crippen molar-refractivity contribution in [2.24, 2.45) is 29.6 Å². The standard InChI is InChI=1S/C13H26/c1-6-9(2)7-10(3)12(5)13-8-11(13)4/h9-13H,6-8H2,1-5H3. The van der Waals surface area contributed by atoms with E-state index in [1.165, 1.54) is 19.3 Å². The van der Waals surface area contributed by atoms with Gasteiger partial charge >= 0.3 is 0 Å². The van der Waals surface area contributed by atoms with Crippen molar-refractivity contribution >= 4 is 0 Å². The van der Waals surface area contributed by atoms with Crippen molar-refractivity contribution in [3.05, 3.63) is 0 Å². The molecule has 0 amide bonds. The van der Waals surface area contributed by atoms with Crippen LogP contribution < -0.4 is 0 Å². The molecule has 0 aromatic heterocycles. The summed E-state index contributed by atoms with van der Waals surface area (Å²) in [6.45, 7) is 12.0. The Labute approximate surface area is 84.1 Å². The largest absolute Gasteiger partial charge is 0.0651 e. The minimum Gasteiger partial charge on any atom is -0.0651 e. The number of rotatable bonds is 5. The minimum absolute atomic E-state index is 0.923. The molecule has 0 N–H and O–H groups in total. The molecular weight excluding hydrogens is 156 g/mol. The molecule has 0 heteroatoms. The van der Waals surface area contributed by atoms with E-state index in [4.69, 9.17) is 0 Å². The van der Waals surface area contributed by atoms with E-state index >= 15 is 0 Å². The third-order valence-corrected chi connectivity index (χ3v) is 4.22. The topological polar surface area (TPSA) is 0 Å². The zero-order valence-corrected chi connectivity index (χ0v) is 10.0. The Morgan fingerprint density at radius 3 is 2.15 bits per heavy atom. The molecular formula is C13H26. The predicted molar refractivity (Wildman–Crippen MR) is 59.7 cm³/mol. The van der Waals surface area contributed by atoms with E-state index < -0.39 is 0 Å². The molecule has 13 heavy (non-hydrogen) atoms. The molecule has 1 aliphatic rings. The molecule has 5 unspecified atom stereocenters. The van der Waals surface area contributed by atoms with Gasteiger partial charge in [0, 0.05) is 0 Å². The fourth-order valence-electron chi connectivity index (χ4n) is 2.52. The monoisotopic (exact) mass is 182 g/mol. The zero-order valence-electron chi connectivity index (χ0n) is 10.0. The van der Waals surface area contributed by atoms with Gasteiger partial charge in [0.25, 0.3) is 0 Å². The molecule has 0 radical (unpaired) electrons. The fraction of sp³-hybridized carbons (Fsp3) is 1.00. The summed E-state index contributed by atoms with van der Waals surface area (Å²) in [5.74, 6) is 4.90. The highest BCUT2D eigenvalue weighted by atomic mass is 14.4. The van der Waals surface area contributed by atoms with Gasteiger partial charge in [-0.3, -0.25) is 0 Å². The van der Waals surface area contributed by atoms with Crippen molar-refractivity contribution in [2.45, 2.75) is 53.9 Å². The second-order valence-electron chi connectivity index (χ2n) is 5.46. The van der Waals surface area contributed by atoms with Crippen LogP contribution in [0.3, 0.4) is 0 Å². The van der Waals surface area contributed by atoms with E-state index in [0.29, 0.717) is 0 Å². The molecule has 0 aliphatic heterocycles. The van der Waals surface area contributed by atoms with E-state index in [1.807, 2.05) is 0 Å². The zero-order chi connectivity index (χ0) is 10.0. The van der Waals surface area contributed by atoms with Crippen molar-refractivity contribution in [1.29, 1.82) is 0 Å². The molecule has 0 saturated heterocycles. The van der Waals surface area contributed by atoms with Gasteiger partial charge in [0.2, 0.25) is 0 Å². The van der Waals surface area contributed by atoms with Crippen molar-refractivity contribution in [3.63, 3.8) is 0 Å². The van der Waals surface area contributed by atoms with Gasteiger partial charge in [-0.1, -0.05) is 41.0 Å². The second kappa shape index (κ2) is 4.48. The van der Waals surface area contributed by atoms with Gasteiger partial charge in [-0.05, 0) is 42.4 Å². The average molecular weight is 182 g/mol. The van der Waals surface area contributed by atoms with Crippen molar-refractivity contribution in [3.8, 4) is 0 Å². The van der Waals surface area contributed by atoms with E-state index in [1.54, 1.807) is 0 Å². The van der Waals surface area contributed by atoms with Crippen LogP contribution in [-0.4, -0.2) is 0 Å². The lowest BCUT2D eigenvalue weighted by Gasteiger charge is -2.22. The fourth-order valence-corrected chi connectivity index (χ4v) is 2.52. The average Bonchev–Trinajstić information content (AvgIpc) is 2.81. The Hall–Kier alpha value is 0. The second-order valence-corrected chi connectivity index (χ2v) is 5.46. The summed E-state index contributed by atoms with van der Waals surface area (Å²) < 4.78 is 0. The third kappa shape index (κ3) is 3.00. The predicted octanol–water partition coefficient (Wildman–Crippen LogP) is 4.35. The first-order valence-electron chi connectivity index (χ1n) is 6.06. The maximum absolute atomic E-state index is 2.46. The highest BCUT2D eigenvalue weighted by Gasteiger charge is 2.39. The summed E-state index contributed by atoms with van der Waals surface area (Å²) in [6, 6.07) is 0. The molecule has 0 spiro atoms. The SMILES string of the molecule is CCC(C)CC(C)C(C)C1CC1C. The normalized spacial score (nSPS) is 33.9. The highest BCUT2D eigenvalue weighted by molar-refractivity contribution is 4.88. The van der Waals surface area contributed by atoms with Gasteiger partial charge in [-0.2, -0.15) is 0 Å². The van der Waals surface area contributed by atoms with Crippen LogP contribution in [0, 0.1) is 29.6 Å². The van der Waals surface area contributed by atoms with Crippen LogP contribution in [0.15, 0.2) is 0 Å². The molecule has 0 aromatic rings. The van der Waals surface area contributed by atoms with Crippen LogP contribution in [0.1, 0.15) is 53.9 Å². The number of hydrogen-bond acceptors (Lipinski definition) is 0. The summed E-state index contributed by atoms with van der Waals surface area (Å²) in [5.41, 5.74) is 0. The van der Waals surface area contributed by atoms with Gasteiger partial charge < -0.3 is 0 Å². The molecule has 1 saturated carbocycles. The third-order valence-electron chi connectivity index (χ3n) is 4.22. The molecule has 78 valence electrons. The maximum Gasteiger partial charge on any atom is -0.0357 e. The summed E-state index contributed by atoms with van der Waals surface area (Å²) in [5, 5.41) is 0. The van der Waals surface area contributed by atoms with Gasteiger partial charge in [-0.25, -0.2) is 0 Å². The van der Waals surface area contributed by atoms with Crippen LogP contribution >= 0.6 is 0 Å². The molecule has 1 fully saturated rings. The van der Waals surface area contributed by atoms with Crippen LogP contribution in [0.4, 0.5) is 0 Å². The Morgan fingerprint density at radius 1 is 1.23 bits per heavy atom. The Balaban J connectivity index is 2.26. The van der Waals surface area contributed by atoms with Crippen LogP contribution in [0.2, 0.25) is 0 Å². The Morgan fingerprint density at radius 2 is 1.77 bits per heavy atom. The molecule has 5 atom stereocenters. The highest BCUT2D eigenvalue weighted by Crippen LogP contribution is 2.47. The minimum atomic E-state index is 0.923. The lowest BCUT2D eigenvalue weighted by atomic mass is 9.83. The molecule has 0 aromatic carbocycles. The van der Waals surface area contributed by atoms with Crippen LogP contribution in [-0.2, 0) is 0 Å². The Bertz CT molecular complexity index is 150. The first kappa shape index (κ1) is 11.1. The lowest BCUT2D eigenvalue weighted by Crippen LogP contribution is -2.14. The van der Waals surface area contributed by atoms with E-state index in [2.05, 4.69) is 34.6 Å². The van der Waals surface area contributed by atoms with E-state index in [9.17, 15) is 0 Å². The molecule has 0 nitrogen and oxygen atoms in total. The van der Waals surface area contributed by atoms with E-state index in [0.717, 1.165) is 29.6 Å². The van der Waals surface area contributed by atoms with E-state index in [-0.39, 0.29) is 0 Å². The maximum atomic E-state index is 2.46. The summed E-state index contributed by atoms with van der Waals surface area (Å²) in [7, 11) is 0. The summed E-state index contributed by atoms with van der Waals surface area (Å²) >= 11 is 0. The molecule has 1 rings (SSSR count). The summed E-state index contributed by atoms with van der Waals surface area (Å²) in [6.07, 6.45) is 4.27. The van der Waals surface area contributed by atoms with Gasteiger partial charge in [-0.15, -0.1) is 0 Å². The van der Waals surface area contributed by atoms with Crippen molar-refractivity contribution < 1.29 is 0 Å². The first-order chi connectivity index (χ1) is 6.06. The first-order valence-corrected chi connectivity index (χ1v) is 6.06. The molecule has 0 bridgehead atoms. The van der Waals surface area contributed by atoms with Crippen LogP contribution in [0.25, 0.3) is 0 Å². The van der Waals surface area contributed by atoms with Crippen molar-refractivity contribution in [2.75, 3.05) is 0 Å². The molecule has 1 aliphatic carbocycles. The van der Waals surface area contributed by atoms with Gasteiger partial charge in [0.15, 0.2) is 0 Å². The van der Waals surface area contributed by atoms with Crippen molar-refractivity contribution in [1.82, 2.24) is 0 Å². The smallest absolute Gasteiger partial charge is 0.0357 e. The van der Waals surface area contributed by atoms with Gasteiger partial charge in [0.05, 0.1) is 0 Å². The number of hydrogen-bond donors (Lipinski definition) is 0.